The van der Waals surface area contributed by atoms with E-state index in [9.17, 15) is 14.7 Å². The number of benzene rings is 1. The van der Waals surface area contributed by atoms with Gasteiger partial charge in [0.1, 0.15) is 6.04 Å². The maximum atomic E-state index is 12.8. The molecular weight excluding hydrogens is 365 g/mol. The Hall–Kier alpha value is -2.05. The summed E-state index contributed by atoms with van der Waals surface area (Å²) in [5.41, 5.74) is 1.64. The molecule has 1 aliphatic heterocycles. The molecule has 1 atom stereocenters. The Bertz CT molecular complexity index is 835. The van der Waals surface area contributed by atoms with Crippen LogP contribution in [-0.4, -0.2) is 44.3 Å². The molecule has 1 aromatic heterocycles. The van der Waals surface area contributed by atoms with Gasteiger partial charge in [-0.1, -0.05) is 23.2 Å². The number of nitrogens with zero attached hydrogens (tertiary/aromatic N) is 3. The van der Waals surface area contributed by atoms with Crippen LogP contribution in [0.4, 0.5) is 0 Å². The zero-order valence-corrected chi connectivity index (χ0v) is 15.1. The molecule has 1 aliphatic rings. The van der Waals surface area contributed by atoms with Crippen molar-refractivity contribution in [2.75, 3.05) is 6.54 Å². The predicted octanol–water partition coefficient (Wildman–Crippen LogP) is 3.57. The first-order valence-corrected chi connectivity index (χ1v) is 8.70. The number of rotatable bonds is 3. The van der Waals surface area contributed by atoms with E-state index in [-0.39, 0.29) is 11.6 Å². The second kappa shape index (κ2) is 7.06. The van der Waals surface area contributed by atoms with Crippen LogP contribution in [0.3, 0.4) is 0 Å². The van der Waals surface area contributed by atoms with Crippen molar-refractivity contribution in [3.63, 3.8) is 0 Å². The topological polar surface area (TPSA) is 75.4 Å². The molecule has 1 N–H and O–H groups in total. The van der Waals surface area contributed by atoms with Gasteiger partial charge in [0.05, 0.1) is 15.7 Å². The number of carboxylic acids is 1. The lowest BCUT2D eigenvalue weighted by molar-refractivity contribution is -0.143. The Morgan fingerprint density at radius 1 is 1.20 bits per heavy atom. The molecule has 0 bridgehead atoms. The van der Waals surface area contributed by atoms with Crippen molar-refractivity contribution < 1.29 is 14.7 Å². The summed E-state index contributed by atoms with van der Waals surface area (Å²) in [5.74, 6) is -1.34. The average Bonchev–Trinajstić information content (AvgIpc) is 2.98. The molecule has 3 rings (SSSR count). The van der Waals surface area contributed by atoms with E-state index in [0.717, 1.165) is 18.5 Å². The molecule has 0 saturated carbocycles. The molecule has 1 amide bonds. The number of aromatic nitrogens is 2. The molecule has 2 aromatic rings. The van der Waals surface area contributed by atoms with Crippen molar-refractivity contribution in [3.05, 3.63) is 45.7 Å². The van der Waals surface area contributed by atoms with Crippen molar-refractivity contribution in [3.8, 4) is 5.69 Å². The van der Waals surface area contributed by atoms with E-state index in [1.807, 2.05) is 6.92 Å². The molecule has 0 spiro atoms. The van der Waals surface area contributed by atoms with E-state index in [0.29, 0.717) is 28.7 Å². The predicted molar refractivity (Wildman–Crippen MR) is 94.6 cm³/mol. The van der Waals surface area contributed by atoms with Gasteiger partial charge >= 0.3 is 5.97 Å². The lowest BCUT2D eigenvalue weighted by Crippen LogP contribution is -2.48. The molecule has 1 saturated heterocycles. The van der Waals surface area contributed by atoms with Crippen molar-refractivity contribution in [1.29, 1.82) is 0 Å². The summed E-state index contributed by atoms with van der Waals surface area (Å²) in [6.45, 7) is 2.24. The van der Waals surface area contributed by atoms with E-state index in [1.54, 1.807) is 28.9 Å². The Labute approximate surface area is 154 Å². The van der Waals surface area contributed by atoms with Gasteiger partial charge in [0, 0.05) is 12.2 Å². The van der Waals surface area contributed by atoms with Crippen molar-refractivity contribution in [2.24, 2.45) is 0 Å². The lowest BCUT2D eigenvalue weighted by Gasteiger charge is -2.32. The summed E-state index contributed by atoms with van der Waals surface area (Å²) in [4.78, 5) is 25.6. The van der Waals surface area contributed by atoms with Crippen molar-refractivity contribution in [2.45, 2.75) is 32.2 Å². The summed E-state index contributed by atoms with van der Waals surface area (Å²) in [6, 6.07) is 5.94. The third kappa shape index (κ3) is 3.50. The third-order valence-corrected chi connectivity index (χ3v) is 5.04. The Morgan fingerprint density at radius 3 is 2.64 bits per heavy atom. The van der Waals surface area contributed by atoms with Crippen LogP contribution >= 0.6 is 23.2 Å². The third-order valence-electron chi connectivity index (χ3n) is 4.30. The average molecular weight is 382 g/mol. The van der Waals surface area contributed by atoms with E-state index < -0.39 is 12.0 Å². The second-order valence-electron chi connectivity index (χ2n) is 6.03. The minimum absolute atomic E-state index is 0.219. The van der Waals surface area contributed by atoms with Gasteiger partial charge < -0.3 is 10.0 Å². The number of hydrogen-bond acceptors (Lipinski definition) is 3. The minimum Gasteiger partial charge on any atom is -0.480 e. The van der Waals surface area contributed by atoms with Crippen LogP contribution in [0, 0.1) is 6.92 Å². The van der Waals surface area contributed by atoms with Crippen LogP contribution in [0.2, 0.25) is 10.0 Å². The lowest BCUT2D eigenvalue weighted by atomic mass is 10.0. The number of carbonyl (C=O) groups excluding carboxylic acids is 1. The number of hydrogen-bond donors (Lipinski definition) is 1. The largest absolute Gasteiger partial charge is 0.480 e. The van der Waals surface area contributed by atoms with E-state index >= 15 is 0 Å². The Kier molecular flexibility index (Phi) is 5.01. The molecule has 1 aromatic carbocycles. The van der Waals surface area contributed by atoms with Gasteiger partial charge in [-0.05, 0) is 50.5 Å². The Morgan fingerprint density at radius 2 is 1.96 bits per heavy atom. The zero-order chi connectivity index (χ0) is 18.1. The number of aliphatic carboxylic acids is 1. The first-order chi connectivity index (χ1) is 11.9. The second-order valence-corrected chi connectivity index (χ2v) is 6.84. The number of carbonyl (C=O) groups is 2. The van der Waals surface area contributed by atoms with Crippen molar-refractivity contribution >= 4 is 35.1 Å². The normalized spacial score (nSPS) is 17.6. The van der Waals surface area contributed by atoms with Crippen LogP contribution in [0.5, 0.6) is 0 Å². The number of piperidine rings is 1. The zero-order valence-electron chi connectivity index (χ0n) is 13.6. The van der Waals surface area contributed by atoms with Crippen LogP contribution in [-0.2, 0) is 4.79 Å². The highest BCUT2D eigenvalue weighted by Gasteiger charge is 2.33. The number of carboxylic acid groups (broad SMARTS) is 1. The van der Waals surface area contributed by atoms with Gasteiger partial charge in [-0.25, -0.2) is 9.48 Å². The van der Waals surface area contributed by atoms with E-state index in [4.69, 9.17) is 23.2 Å². The molecule has 1 fully saturated rings. The smallest absolute Gasteiger partial charge is 0.326 e. The molecule has 0 radical (unpaired) electrons. The van der Waals surface area contributed by atoms with Gasteiger partial charge in [0.25, 0.3) is 5.91 Å². The first-order valence-electron chi connectivity index (χ1n) is 7.94. The first kappa shape index (κ1) is 17.8. The van der Waals surface area contributed by atoms with Gasteiger partial charge in [0.15, 0.2) is 5.69 Å². The molecule has 0 aliphatic carbocycles. The summed E-state index contributed by atoms with van der Waals surface area (Å²) < 4.78 is 1.59. The maximum Gasteiger partial charge on any atom is 0.326 e. The van der Waals surface area contributed by atoms with E-state index in [2.05, 4.69) is 5.10 Å². The molecule has 8 heteroatoms. The molecule has 25 heavy (non-hydrogen) atoms. The highest BCUT2D eigenvalue weighted by atomic mass is 35.5. The highest BCUT2D eigenvalue weighted by Crippen LogP contribution is 2.26. The van der Waals surface area contributed by atoms with Gasteiger partial charge in [-0.2, -0.15) is 5.10 Å². The number of halogens is 2. The maximum absolute atomic E-state index is 12.8. The summed E-state index contributed by atoms with van der Waals surface area (Å²) in [5, 5.41) is 14.5. The van der Waals surface area contributed by atoms with Gasteiger partial charge in [-0.3, -0.25) is 4.79 Å². The standard InChI is InChI=1S/C17H17Cl2N3O3/c1-10-8-14(16(23)21-7-3-2-4-15(21)17(24)25)20-22(10)11-5-6-12(18)13(19)9-11/h5-6,8-9,15H,2-4,7H2,1H3,(H,24,25)/t15-/m1/s1. The quantitative estimate of drug-likeness (QED) is 0.881. The fraction of sp³-hybridized carbons (Fsp3) is 0.353. The molecular formula is C17H17Cl2N3O3. The summed E-state index contributed by atoms with van der Waals surface area (Å²) >= 11 is 12.0. The van der Waals surface area contributed by atoms with Gasteiger partial charge in [0.2, 0.25) is 0 Å². The highest BCUT2D eigenvalue weighted by molar-refractivity contribution is 6.42. The van der Waals surface area contributed by atoms with Gasteiger partial charge in [-0.15, -0.1) is 0 Å². The van der Waals surface area contributed by atoms with Crippen LogP contribution < -0.4 is 0 Å². The molecule has 0 unspecified atom stereocenters. The van der Waals surface area contributed by atoms with Crippen LogP contribution in [0.25, 0.3) is 5.69 Å². The monoisotopic (exact) mass is 381 g/mol. The fourth-order valence-electron chi connectivity index (χ4n) is 3.04. The van der Waals surface area contributed by atoms with Crippen LogP contribution in [0.1, 0.15) is 35.4 Å². The number of aryl methyl sites for hydroxylation is 1. The summed E-state index contributed by atoms with van der Waals surface area (Å²) in [6.07, 6.45) is 2.06. The molecule has 6 nitrogen and oxygen atoms in total. The number of likely N-dealkylation sites (tertiary alicyclic amines) is 1. The minimum atomic E-state index is -0.978. The fourth-order valence-corrected chi connectivity index (χ4v) is 3.33. The molecule has 2 heterocycles. The van der Waals surface area contributed by atoms with E-state index in [1.165, 1.54) is 4.90 Å². The SMILES string of the molecule is Cc1cc(C(=O)N2CCCC[C@@H]2C(=O)O)nn1-c1ccc(Cl)c(Cl)c1. The van der Waals surface area contributed by atoms with Crippen molar-refractivity contribution in [1.82, 2.24) is 14.7 Å². The van der Waals surface area contributed by atoms with Crippen LogP contribution in [0.15, 0.2) is 24.3 Å². The summed E-state index contributed by atoms with van der Waals surface area (Å²) in [7, 11) is 0. The Balaban J connectivity index is 1.92. The molecule has 132 valence electrons. The number of amides is 1.